The molecule has 1 aromatic heterocycles. The average molecular weight is 288 g/mol. The third-order valence-corrected chi connectivity index (χ3v) is 3.40. The Morgan fingerprint density at radius 1 is 1.40 bits per heavy atom. The number of fused-ring (bicyclic) bond motifs is 1. The summed E-state index contributed by atoms with van der Waals surface area (Å²) in [5.41, 5.74) is 7.66. The molecule has 2 nitrogen and oxygen atoms in total. The van der Waals surface area contributed by atoms with Crippen LogP contribution in [-0.4, -0.2) is 4.98 Å². The van der Waals surface area contributed by atoms with E-state index >= 15 is 0 Å². The van der Waals surface area contributed by atoms with Crippen LogP contribution < -0.4 is 5.73 Å². The van der Waals surface area contributed by atoms with Crippen LogP contribution in [0.3, 0.4) is 0 Å². The molecule has 0 aliphatic carbocycles. The van der Waals surface area contributed by atoms with Crippen LogP contribution in [0.2, 0.25) is 5.02 Å². The Morgan fingerprint density at radius 3 is 2.67 bits per heavy atom. The monoisotopic (exact) mass is 286 g/mol. The van der Waals surface area contributed by atoms with E-state index in [1.165, 1.54) is 0 Å². The first-order valence-corrected chi connectivity index (χ1v) is 5.83. The molecule has 0 saturated carbocycles. The van der Waals surface area contributed by atoms with Crippen molar-refractivity contribution >= 4 is 38.4 Å². The van der Waals surface area contributed by atoms with Gasteiger partial charge < -0.3 is 10.7 Å². The highest BCUT2D eigenvalue weighted by molar-refractivity contribution is 9.10. The summed E-state index contributed by atoms with van der Waals surface area (Å²) in [6.07, 6.45) is 0. The zero-order valence-electron chi connectivity index (χ0n) is 8.57. The number of halogens is 2. The molecule has 0 amide bonds. The van der Waals surface area contributed by atoms with E-state index in [0.29, 0.717) is 0 Å². The largest absolute Gasteiger partial charge is 0.356 e. The van der Waals surface area contributed by atoms with Gasteiger partial charge in [0, 0.05) is 26.1 Å². The molecule has 1 aromatic carbocycles. The molecule has 0 spiro atoms. The number of nitrogens with one attached hydrogen (secondary N) is 1. The second kappa shape index (κ2) is 3.51. The van der Waals surface area contributed by atoms with Gasteiger partial charge in [-0.2, -0.15) is 0 Å². The standard InChI is InChI=1S/C11H12BrClN2/c1-11(2,14)10-9(12)7-4-3-6(13)5-8(7)15-10/h3-5,15H,14H2,1-2H3. The van der Waals surface area contributed by atoms with Crippen molar-refractivity contribution in [2.75, 3.05) is 0 Å². The molecule has 0 bridgehead atoms. The quantitative estimate of drug-likeness (QED) is 0.823. The first-order chi connectivity index (χ1) is 6.89. The van der Waals surface area contributed by atoms with Gasteiger partial charge in [0.1, 0.15) is 0 Å². The summed E-state index contributed by atoms with van der Waals surface area (Å²) in [5.74, 6) is 0. The minimum atomic E-state index is -0.398. The summed E-state index contributed by atoms with van der Waals surface area (Å²) >= 11 is 9.49. The van der Waals surface area contributed by atoms with Gasteiger partial charge in [0.15, 0.2) is 0 Å². The molecule has 15 heavy (non-hydrogen) atoms. The van der Waals surface area contributed by atoms with Gasteiger partial charge in [0.2, 0.25) is 0 Å². The lowest BCUT2D eigenvalue weighted by molar-refractivity contribution is 0.537. The molecule has 1 heterocycles. The third-order valence-electron chi connectivity index (χ3n) is 2.34. The van der Waals surface area contributed by atoms with Crippen molar-refractivity contribution < 1.29 is 0 Å². The Morgan fingerprint density at radius 2 is 2.07 bits per heavy atom. The van der Waals surface area contributed by atoms with Crippen molar-refractivity contribution in [3.63, 3.8) is 0 Å². The van der Waals surface area contributed by atoms with E-state index in [-0.39, 0.29) is 0 Å². The Labute approximate surface area is 102 Å². The molecule has 0 unspecified atom stereocenters. The second-order valence-corrected chi connectivity index (χ2v) is 5.46. The number of rotatable bonds is 1. The Balaban J connectivity index is 2.75. The van der Waals surface area contributed by atoms with Crippen LogP contribution in [0, 0.1) is 0 Å². The average Bonchev–Trinajstić information content (AvgIpc) is 2.42. The summed E-state index contributed by atoms with van der Waals surface area (Å²) in [4.78, 5) is 3.29. The molecule has 0 saturated heterocycles. The van der Waals surface area contributed by atoms with Crippen molar-refractivity contribution in [3.8, 4) is 0 Å². The number of aromatic amines is 1. The smallest absolute Gasteiger partial charge is 0.0516 e. The Kier molecular flexibility index (Phi) is 2.57. The molecule has 0 fully saturated rings. The van der Waals surface area contributed by atoms with Gasteiger partial charge in [-0.3, -0.25) is 0 Å². The lowest BCUT2D eigenvalue weighted by atomic mass is 10.0. The van der Waals surface area contributed by atoms with Crippen molar-refractivity contribution in [1.29, 1.82) is 0 Å². The summed E-state index contributed by atoms with van der Waals surface area (Å²) in [7, 11) is 0. The van der Waals surface area contributed by atoms with E-state index < -0.39 is 5.54 Å². The summed E-state index contributed by atoms with van der Waals surface area (Å²) in [6.45, 7) is 3.92. The number of nitrogens with two attached hydrogens (primary N) is 1. The number of hydrogen-bond donors (Lipinski definition) is 2. The van der Waals surface area contributed by atoms with Crippen LogP contribution in [0.5, 0.6) is 0 Å². The fourth-order valence-corrected chi connectivity index (χ4v) is 2.71. The molecular weight excluding hydrogens is 275 g/mol. The number of hydrogen-bond acceptors (Lipinski definition) is 1. The highest BCUT2D eigenvalue weighted by atomic mass is 79.9. The molecular formula is C11H12BrClN2. The van der Waals surface area contributed by atoms with Crippen LogP contribution in [0.25, 0.3) is 10.9 Å². The van der Waals surface area contributed by atoms with E-state index in [2.05, 4.69) is 20.9 Å². The van der Waals surface area contributed by atoms with Crippen molar-refractivity contribution in [2.45, 2.75) is 19.4 Å². The molecule has 0 atom stereocenters. The summed E-state index contributed by atoms with van der Waals surface area (Å²) < 4.78 is 1.02. The first-order valence-electron chi connectivity index (χ1n) is 4.65. The van der Waals surface area contributed by atoms with Crippen molar-refractivity contribution in [1.82, 2.24) is 4.98 Å². The highest BCUT2D eigenvalue weighted by Gasteiger charge is 2.21. The van der Waals surface area contributed by atoms with Gasteiger partial charge in [0.05, 0.1) is 5.54 Å². The molecule has 0 aliphatic rings. The van der Waals surface area contributed by atoms with Gasteiger partial charge in [0.25, 0.3) is 0 Å². The van der Waals surface area contributed by atoms with Gasteiger partial charge >= 0.3 is 0 Å². The lowest BCUT2D eigenvalue weighted by Crippen LogP contribution is -2.29. The fourth-order valence-electron chi connectivity index (χ4n) is 1.58. The fraction of sp³-hybridized carbons (Fsp3) is 0.273. The van der Waals surface area contributed by atoms with Gasteiger partial charge in [-0.05, 0) is 41.9 Å². The predicted octanol–water partition coefficient (Wildman–Crippen LogP) is 3.78. The van der Waals surface area contributed by atoms with Gasteiger partial charge in [-0.1, -0.05) is 17.7 Å². The molecule has 2 rings (SSSR count). The van der Waals surface area contributed by atoms with E-state index in [1.54, 1.807) is 0 Å². The van der Waals surface area contributed by atoms with Crippen LogP contribution in [0.1, 0.15) is 19.5 Å². The number of H-pyrrole nitrogens is 1. The first kappa shape index (κ1) is 11.0. The number of aromatic nitrogens is 1. The van der Waals surface area contributed by atoms with Crippen LogP contribution in [0.15, 0.2) is 22.7 Å². The summed E-state index contributed by atoms with van der Waals surface area (Å²) in [6, 6.07) is 5.75. The topological polar surface area (TPSA) is 41.8 Å². The predicted molar refractivity (Wildman–Crippen MR) is 68.2 cm³/mol. The molecule has 4 heteroatoms. The van der Waals surface area contributed by atoms with Crippen molar-refractivity contribution in [2.24, 2.45) is 5.73 Å². The maximum atomic E-state index is 6.07. The lowest BCUT2D eigenvalue weighted by Gasteiger charge is -2.17. The van der Waals surface area contributed by atoms with E-state index in [4.69, 9.17) is 17.3 Å². The van der Waals surface area contributed by atoms with E-state index in [9.17, 15) is 0 Å². The highest BCUT2D eigenvalue weighted by Crippen LogP contribution is 2.34. The molecule has 3 N–H and O–H groups in total. The number of benzene rings is 1. The van der Waals surface area contributed by atoms with Crippen molar-refractivity contribution in [3.05, 3.63) is 33.4 Å². The van der Waals surface area contributed by atoms with Crippen LogP contribution >= 0.6 is 27.5 Å². The SMILES string of the molecule is CC(C)(N)c1[nH]c2cc(Cl)ccc2c1Br. The molecule has 0 aliphatic heterocycles. The van der Waals surface area contributed by atoms with E-state index in [1.807, 2.05) is 32.0 Å². The maximum absolute atomic E-state index is 6.07. The van der Waals surface area contributed by atoms with Crippen LogP contribution in [0.4, 0.5) is 0 Å². The zero-order valence-corrected chi connectivity index (χ0v) is 10.9. The summed E-state index contributed by atoms with van der Waals surface area (Å²) in [5, 5.41) is 1.82. The maximum Gasteiger partial charge on any atom is 0.0516 e. The Bertz CT molecular complexity index is 511. The molecule has 80 valence electrons. The zero-order chi connectivity index (χ0) is 11.2. The second-order valence-electron chi connectivity index (χ2n) is 4.23. The third kappa shape index (κ3) is 1.92. The minimum Gasteiger partial charge on any atom is -0.356 e. The van der Waals surface area contributed by atoms with E-state index in [0.717, 1.165) is 26.1 Å². The Hall–Kier alpha value is -0.510. The normalized spacial score (nSPS) is 12.3. The van der Waals surface area contributed by atoms with Crippen LogP contribution in [-0.2, 0) is 5.54 Å². The minimum absolute atomic E-state index is 0.398. The van der Waals surface area contributed by atoms with Gasteiger partial charge in [-0.15, -0.1) is 0 Å². The molecule has 0 radical (unpaired) electrons. The molecule has 2 aromatic rings. The van der Waals surface area contributed by atoms with Gasteiger partial charge in [-0.25, -0.2) is 0 Å².